The minimum atomic E-state index is -0.544. The van der Waals surface area contributed by atoms with Crippen LogP contribution in [0.5, 0.6) is 5.75 Å². The summed E-state index contributed by atoms with van der Waals surface area (Å²) < 4.78 is 12.1. The average molecular weight is 514 g/mol. The van der Waals surface area contributed by atoms with Crippen LogP contribution in [0.3, 0.4) is 0 Å². The number of hydrogen-bond acceptors (Lipinski definition) is 7. The molecule has 0 spiro atoms. The average Bonchev–Trinajstić information content (AvgIpc) is 3.25. The number of amides is 1. The number of carbonyl (C=O) groups is 2. The maximum atomic E-state index is 13.1. The van der Waals surface area contributed by atoms with Crippen molar-refractivity contribution in [2.24, 2.45) is 0 Å². The van der Waals surface area contributed by atoms with E-state index >= 15 is 0 Å². The van der Waals surface area contributed by atoms with E-state index in [1.54, 1.807) is 6.92 Å². The van der Waals surface area contributed by atoms with E-state index < -0.39 is 5.97 Å². The molecule has 5 aromatic rings. The van der Waals surface area contributed by atoms with Crippen LogP contribution in [0.25, 0.3) is 21.0 Å². The van der Waals surface area contributed by atoms with Crippen molar-refractivity contribution in [2.75, 3.05) is 18.5 Å². The molecule has 186 valence electrons. The van der Waals surface area contributed by atoms with E-state index in [4.69, 9.17) is 9.47 Å². The van der Waals surface area contributed by atoms with Crippen LogP contribution < -0.4 is 15.6 Å². The summed E-state index contributed by atoms with van der Waals surface area (Å²) in [4.78, 5) is 43.5. The number of esters is 1. The van der Waals surface area contributed by atoms with Gasteiger partial charge in [-0.05, 0) is 47.5 Å². The Balaban J connectivity index is 1.26. The molecule has 8 nitrogen and oxygen atoms in total. The third-order valence-electron chi connectivity index (χ3n) is 5.78. The highest BCUT2D eigenvalue weighted by molar-refractivity contribution is 7.20. The molecule has 5 rings (SSSR count). The fourth-order valence-corrected chi connectivity index (χ4v) is 5.00. The predicted molar refractivity (Wildman–Crippen MR) is 143 cm³/mol. The monoisotopic (exact) mass is 513 g/mol. The zero-order chi connectivity index (χ0) is 25.8. The Morgan fingerprint density at radius 3 is 2.54 bits per heavy atom. The Morgan fingerprint density at radius 2 is 1.73 bits per heavy atom. The summed E-state index contributed by atoms with van der Waals surface area (Å²) in [6.07, 6.45) is 1.32. The Hall–Kier alpha value is -4.50. The number of benzene rings is 3. The number of nitrogens with one attached hydrogen (secondary N) is 1. The number of ether oxygens (including phenoxy) is 2. The molecule has 0 radical (unpaired) electrons. The third-order valence-corrected chi connectivity index (χ3v) is 6.96. The van der Waals surface area contributed by atoms with Crippen LogP contribution in [0.1, 0.15) is 15.2 Å². The van der Waals surface area contributed by atoms with Crippen molar-refractivity contribution in [1.29, 1.82) is 0 Å². The maximum absolute atomic E-state index is 13.1. The smallest absolute Gasteiger partial charge is 0.348 e. The van der Waals surface area contributed by atoms with Gasteiger partial charge in [0.25, 0.3) is 5.56 Å². The van der Waals surface area contributed by atoms with Crippen LogP contribution >= 0.6 is 11.3 Å². The summed E-state index contributed by atoms with van der Waals surface area (Å²) in [5.41, 5.74) is 0.730. The molecule has 0 aliphatic rings. The van der Waals surface area contributed by atoms with Crippen LogP contribution in [0.4, 0.5) is 5.69 Å². The van der Waals surface area contributed by atoms with E-state index in [1.165, 1.54) is 10.9 Å². The van der Waals surface area contributed by atoms with Gasteiger partial charge in [-0.2, -0.15) is 0 Å². The van der Waals surface area contributed by atoms with Crippen LogP contribution in [0, 0.1) is 6.92 Å². The molecule has 3 aromatic carbocycles. The van der Waals surface area contributed by atoms with Gasteiger partial charge >= 0.3 is 5.97 Å². The number of fused-ring (bicyclic) bond motifs is 2. The van der Waals surface area contributed by atoms with E-state index in [0.717, 1.165) is 22.1 Å². The molecule has 1 amide bonds. The van der Waals surface area contributed by atoms with Crippen molar-refractivity contribution >= 4 is 49.9 Å². The molecule has 0 atom stereocenters. The molecular formula is C28H23N3O5S. The second-order valence-corrected chi connectivity index (χ2v) is 9.32. The minimum Gasteiger partial charge on any atom is -0.490 e. The van der Waals surface area contributed by atoms with Gasteiger partial charge in [-0.15, -0.1) is 11.3 Å². The van der Waals surface area contributed by atoms with E-state index in [9.17, 15) is 14.4 Å². The van der Waals surface area contributed by atoms with Crippen molar-refractivity contribution < 1.29 is 19.1 Å². The van der Waals surface area contributed by atoms with E-state index in [1.807, 2.05) is 72.8 Å². The minimum absolute atomic E-state index is 0.0635. The van der Waals surface area contributed by atoms with Gasteiger partial charge in [0, 0.05) is 5.69 Å². The SMILES string of the molecule is Cc1c(C(=O)OCCOc2ccccc2)sc2ncn(CC(=O)Nc3ccc4ccccc4c3)c(=O)c12. The molecule has 37 heavy (non-hydrogen) atoms. The highest BCUT2D eigenvalue weighted by Gasteiger charge is 2.21. The predicted octanol–water partition coefficient (Wildman–Crippen LogP) is 4.79. The summed E-state index contributed by atoms with van der Waals surface area (Å²) in [6, 6.07) is 22.7. The number of aromatic nitrogens is 2. The van der Waals surface area contributed by atoms with Crippen molar-refractivity contribution in [1.82, 2.24) is 9.55 Å². The first-order valence-corrected chi connectivity index (χ1v) is 12.4. The Kier molecular flexibility index (Phi) is 6.96. The first-order chi connectivity index (χ1) is 18.0. The van der Waals surface area contributed by atoms with Crippen molar-refractivity contribution in [3.63, 3.8) is 0 Å². The molecule has 9 heteroatoms. The van der Waals surface area contributed by atoms with E-state index in [2.05, 4.69) is 10.3 Å². The van der Waals surface area contributed by atoms with Crippen LogP contribution in [0.2, 0.25) is 0 Å². The molecule has 0 saturated carbocycles. The van der Waals surface area contributed by atoms with Crippen LogP contribution in [0.15, 0.2) is 83.9 Å². The molecule has 1 N–H and O–H groups in total. The molecule has 2 heterocycles. The van der Waals surface area contributed by atoms with Crippen molar-refractivity contribution in [2.45, 2.75) is 13.5 Å². The summed E-state index contributed by atoms with van der Waals surface area (Å²) in [5, 5.41) is 5.20. The first kappa shape index (κ1) is 24.2. The van der Waals surface area contributed by atoms with E-state index in [-0.39, 0.29) is 31.2 Å². The lowest BCUT2D eigenvalue weighted by atomic mass is 10.1. The fraction of sp³-hybridized carbons (Fsp3) is 0.143. The Labute approximate surface area is 216 Å². The lowest BCUT2D eigenvalue weighted by molar-refractivity contribution is -0.116. The van der Waals surface area contributed by atoms with Gasteiger partial charge in [-0.3, -0.25) is 14.2 Å². The summed E-state index contributed by atoms with van der Waals surface area (Å²) in [6.45, 7) is 1.74. The Morgan fingerprint density at radius 1 is 0.973 bits per heavy atom. The number of rotatable bonds is 8. The number of thiophene rings is 1. The number of aryl methyl sites for hydroxylation is 1. The van der Waals surface area contributed by atoms with Gasteiger partial charge in [-0.1, -0.05) is 48.5 Å². The zero-order valence-corrected chi connectivity index (χ0v) is 20.8. The van der Waals surface area contributed by atoms with Gasteiger partial charge in [-0.25, -0.2) is 9.78 Å². The summed E-state index contributed by atoms with van der Waals surface area (Å²) >= 11 is 1.09. The number of hydrogen-bond donors (Lipinski definition) is 1. The lowest BCUT2D eigenvalue weighted by Gasteiger charge is -2.08. The molecule has 0 aliphatic heterocycles. The second kappa shape index (κ2) is 10.6. The van der Waals surface area contributed by atoms with Crippen molar-refractivity contribution in [3.05, 3.63) is 99.9 Å². The molecule has 0 aliphatic carbocycles. The number of nitrogens with zero attached hydrogens (tertiary/aromatic N) is 2. The highest BCUT2D eigenvalue weighted by Crippen LogP contribution is 2.27. The quantitative estimate of drug-likeness (QED) is 0.237. The first-order valence-electron chi connectivity index (χ1n) is 11.6. The van der Waals surface area contributed by atoms with Gasteiger partial charge in [0.15, 0.2) is 0 Å². The zero-order valence-electron chi connectivity index (χ0n) is 20.0. The molecule has 0 saturated heterocycles. The van der Waals surface area contributed by atoms with Crippen molar-refractivity contribution in [3.8, 4) is 5.75 Å². The molecule has 2 aromatic heterocycles. The summed E-state index contributed by atoms with van der Waals surface area (Å²) in [7, 11) is 0. The standard InChI is InChI=1S/C28H23N3O5S/c1-18-24-26(37-25(18)28(34)36-14-13-35-22-9-3-2-4-10-22)29-17-31(27(24)33)16-23(32)30-21-12-11-19-7-5-6-8-20(19)15-21/h2-12,15,17H,13-14,16H2,1H3,(H,30,32). The maximum Gasteiger partial charge on any atom is 0.348 e. The normalized spacial score (nSPS) is 10.9. The largest absolute Gasteiger partial charge is 0.490 e. The Bertz CT molecular complexity index is 1660. The van der Waals surface area contributed by atoms with Crippen LogP contribution in [-0.4, -0.2) is 34.6 Å². The van der Waals surface area contributed by atoms with Crippen LogP contribution in [-0.2, 0) is 16.1 Å². The molecular weight excluding hydrogens is 490 g/mol. The molecule has 0 fully saturated rings. The molecule has 0 bridgehead atoms. The van der Waals surface area contributed by atoms with E-state index in [0.29, 0.717) is 32.1 Å². The summed E-state index contributed by atoms with van der Waals surface area (Å²) in [5.74, 6) is -0.215. The van der Waals surface area contributed by atoms with Gasteiger partial charge in [0.05, 0.1) is 11.7 Å². The second-order valence-electron chi connectivity index (χ2n) is 8.32. The lowest BCUT2D eigenvalue weighted by Crippen LogP contribution is -2.27. The third kappa shape index (κ3) is 5.36. The number of anilines is 1. The van der Waals surface area contributed by atoms with Gasteiger partial charge in [0.1, 0.15) is 35.2 Å². The number of carbonyl (C=O) groups excluding carboxylic acids is 2. The fourth-order valence-electron chi connectivity index (χ4n) is 3.96. The number of para-hydroxylation sites is 1. The highest BCUT2D eigenvalue weighted by atomic mass is 32.1. The van der Waals surface area contributed by atoms with Gasteiger partial charge < -0.3 is 14.8 Å². The topological polar surface area (TPSA) is 99.5 Å². The van der Waals surface area contributed by atoms with Gasteiger partial charge in [0.2, 0.25) is 5.91 Å². The molecule has 0 unspecified atom stereocenters.